The molecule has 1 aromatic carbocycles. The molecule has 0 spiro atoms. The third kappa shape index (κ3) is 2.65. The van der Waals surface area contributed by atoms with Crippen molar-refractivity contribution in [1.29, 1.82) is 0 Å². The summed E-state index contributed by atoms with van der Waals surface area (Å²) in [7, 11) is 0. The molecule has 1 unspecified atom stereocenters. The minimum absolute atomic E-state index is 0.146. The Morgan fingerprint density at radius 2 is 2.17 bits per heavy atom. The molecule has 94 valence electrons. The van der Waals surface area contributed by atoms with Gasteiger partial charge in [0.05, 0.1) is 0 Å². The third-order valence-corrected chi connectivity index (χ3v) is 2.90. The van der Waals surface area contributed by atoms with Gasteiger partial charge in [0.15, 0.2) is 0 Å². The topological polar surface area (TPSA) is 68.0 Å². The molecule has 0 saturated carbocycles. The van der Waals surface area contributed by atoms with Gasteiger partial charge in [-0.15, -0.1) is 0 Å². The number of carbonyl (C=O) groups excluding carboxylic acids is 1. The van der Waals surface area contributed by atoms with E-state index in [0.29, 0.717) is 18.8 Å². The van der Waals surface area contributed by atoms with Gasteiger partial charge >= 0.3 is 0 Å². The van der Waals surface area contributed by atoms with Crippen LogP contribution in [-0.4, -0.2) is 24.0 Å². The lowest BCUT2D eigenvalue weighted by molar-refractivity contribution is 0.0945. The SMILES string of the molecule is CC(CN)CNC(=O)c1nccc2ccccc12. The van der Waals surface area contributed by atoms with Crippen LogP contribution in [0.4, 0.5) is 0 Å². The molecule has 4 heteroatoms. The van der Waals surface area contributed by atoms with E-state index in [1.54, 1.807) is 6.20 Å². The van der Waals surface area contributed by atoms with Gasteiger partial charge in [0.25, 0.3) is 5.91 Å². The fourth-order valence-electron chi connectivity index (χ4n) is 1.73. The van der Waals surface area contributed by atoms with Crippen molar-refractivity contribution in [3.8, 4) is 0 Å². The maximum Gasteiger partial charge on any atom is 0.270 e. The van der Waals surface area contributed by atoms with Gasteiger partial charge in [0.2, 0.25) is 0 Å². The summed E-state index contributed by atoms with van der Waals surface area (Å²) in [5, 5.41) is 4.75. The first-order valence-electron chi connectivity index (χ1n) is 6.04. The van der Waals surface area contributed by atoms with Crippen molar-refractivity contribution >= 4 is 16.7 Å². The van der Waals surface area contributed by atoms with Crippen LogP contribution in [0.25, 0.3) is 10.8 Å². The van der Waals surface area contributed by atoms with Gasteiger partial charge in [-0.1, -0.05) is 31.2 Å². The van der Waals surface area contributed by atoms with E-state index in [-0.39, 0.29) is 11.8 Å². The number of fused-ring (bicyclic) bond motifs is 1. The first-order valence-corrected chi connectivity index (χ1v) is 6.04. The molecule has 0 aliphatic heterocycles. The predicted octanol–water partition coefficient (Wildman–Crippen LogP) is 1.56. The molecule has 0 fully saturated rings. The van der Waals surface area contributed by atoms with Crippen LogP contribution in [-0.2, 0) is 0 Å². The number of carbonyl (C=O) groups is 1. The molecule has 1 heterocycles. The number of hydrogen-bond donors (Lipinski definition) is 2. The van der Waals surface area contributed by atoms with Gasteiger partial charge in [-0.25, -0.2) is 0 Å². The van der Waals surface area contributed by atoms with E-state index < -0.39 is 0 Å². The smallest absolute Gasteiger partial charge is 0.270 e. The van der Waals surface area contributed by atoms with Gasteiger partial charge in [0, 0.05) is 18.1 Å². The lowest BCUT2D eigenvalue weighted by Crippen LogP contribution is -2.31. The molecule has 1 aromatic heterocycles. The average Bonchev–Trinajstić information content (AvgIpc) is 2.43. The molecule has 1 atom stereocenters. The lowest BCUT2D eigenvalue weighted by atomic mass is 10.1. The van der Waals surface area contributed by atoms with Crippen LogP contribution >= 0.6 is 0 Å². The number of nitrogens with two attached hydrogens (primary N) is 1. The number of benzene rings is 1. The Kier molecular flexibility index (Phi) is 3.89. The number of pyridine rings is 1. The predicted molar refractivity (Wildman–Crippen MR) is 72.3 cm³/mol. The van der Waals surface area contributed by atoms with Gasteiger partial charge in [-0.3, -0.25) is 9.78 Å². The van der Waals surface area contributed by atoms with E-state index in [0.717, 1.165) is 10.8 Å². The highest BCUT2D eigenvalue weighted by molar-refractivity contribution is 6.05. The molecular weight excluding hydrogens is 226 g/mol. The largest absolute Gasteiger partial charge is 0.350 e. The second-order valence-electron chi connectivity index (χ2n) is 4.43. The highest BCUT2D eigenvalue weighted by Gasteiger charge is 2.11. The number of rotatable bonds is 4. The maximum atomic E-state index is 12.1. The molecule has 0 aliphatic rings. The minimum Gasteiger partial charge on any atom is -0.350 e. The first kappa shape index (κ1) is 12.5. The third-order valence-electron chi connectivity index (χ3n) is 2.90. The number of nitrogens with zero attached hydrogens (tertiary/aromatic N) is 1. The van der Waals surface area contributed by atoms with E-state index in [4.69, 9.17) is 5.73 Å². The number of aromatic nitrogens is 1. The highest BCUT2D eigenvalue weighted by atomic mass is 16.1. The molecule has 18 heavy (non-hydrogen) atoms. The lowest BCUT2D eigenvalue weighted by Gasteiger charge is -2.10. The van der Waals surface area contributed by atoms with Crippen LogP contribution in [0.2, 0.25) is 0 Å². The van der Waals surface area contributed by atoms with E-state index in [1.807, 2.05) is 37.3 Å². The fraction of sp³-hybridized carbons (Fsp3) is 0.286. The second-order valence-corrected chi connectivity index (χ2v) is 4.43. The summed E-state index contributed by atoms with van der Waals surface area (Å²) < 4.78 is 0. The molecule has 0 bridgehead atoms. The molecule has 4 nitrogen and oxygen atoms in total. The van der Waals surface area contributed by atoms with Crippen molar-refractivity contribution in [1.82, 2.24) is 10.3 Å². The number of amides is 1. The fourth-order valence-corrected chi connectivity index (χ4v) is 1.73. The van der Waals surface area contributed by atoms with Gasteiger partial charge < -0.3 is 11.1 Å². The van der Waals surface area contributed by atoms with Crippen molar-refractivity contribution in [2.24, 2.45) is 11.7 Å². The molecule has 0 radical (unpaired) electrons. The van der Waals surface area contributed by atoms with Crippen LogP contribution in [0, 0.1) is 5.92 Å². The highest BCUT2D eigenvalue weighted by Crippen LogP contribution is 2.15. The quantitative estimate of drug-likeness (QED) is 0.856. The Labute approximate surface area is 106 Å². The van der Waals surface area contributed by atoms with Gasteiger partial charge in [-0.2, -0.15) is 0 Å². The van der Waals surface area contributed by atoms with E-state index in [2.05, 4.69) is 10.3 Å². The van der Waals surface area contributed by atoms with E-state index in [9.17, 15) is 4.79 Å². The summed E-state index contributed by atoms with van der Waals surface area (Å²) in [5.41, 5.74) is 5.99. The Hall–Kier alpha value is -1.94. The summed E-state index contributed by atoms with van der Waals surface area (Å²) >= 11 is 0. The number of nitrogens with one attached hydrogen (secondary N) is 1. The Balaban J connectivity index is 2.22. The summed E-state index contributed by atoms with van der Waals surface area (Å²) in [6, 6.07) is 9.62. The Morgan fingerprint density at radius 3 is 2.94 bits per heavy atom. The molecule has 0 aliphatic carbocycles. The van der Waals surface area contributed by atoms with Crippen molar-refractivity contribution in [3.05, 3.63) is 42.2 Å². The zero-order valence-corrected chi connectivity index (χ0v) is 10.4. The van der Waals surface area contributed by atoms with Gasteiger partial charge in [0.1, 0.15) is 5.69 Å². The standard InChI is InChI=1S/C14H17N3O/c1-10(8-15)9-17-14(18)13-12-5-3-2-4-11(12)6-7-16-13/h2-7,10H,8-9,15H2,1H3,(H,17,18). The summed E-state index contributed by atoms with van der Waals surface area (Å²) in [4.78, 5) is 16.2. The molecular formula is C14H17N3O. The summed E-state index contributed by atoms with van der Waals surface area (Å²) in [6.45, 7) is 3.13. The van der Waals surface area contributed by atoms with Crippen LogP contribution in [0.5, 0.6) is 0 Å². The first-order chi connectivity index (χ1) is 8.72. The molecule has 1 amide bonds. The molecule has 3 N–H and O–H groups in total. The van der Waals surface area contributed by atoms with Crippen molar-refractivity contribution in [3.63, 3.8) is 0 Å². The van der Waals surface area contributed by atoms with E-state index >= 15 is 0 Å². The average molecular weight is 243 g/mol. The van der Waals surface area contributed by atoms with Gasteiger partial charge in [-0.05, 0) is 23.9 Å². The second kappa shape index (κ2) is 5.60. The monoisotopic (exact) mass is 243 g/mol. The Morgan fingerprint density at radius 1 is 1.39 bits per heavy atom. The minimum atomic E-state index is -0.146. The van der Waals surface area contributed by atoms with Crippen LogP contribution in [0.1, 0.15) is 17.4 Å². The number of hydrogen-bond acceptors (Lipinski definition) is 3. The summed E-state index contributed by atoms with van der Waals surface area (Å²) in [6.07, 6.45) is 1.66. The molecule has 0 saturated heterocycles. The zero-order valence-electron chi connectivity index (χ0n) is 10.4. The van der Waals surface area contributed by atoms with Crippen molar-refractivity contribution < 1.29 is 4.79 Å². The normalized spacial score (nSPS) is 12.3. The maximum absolute atomic E-state index is 12.1. The van der Waals surface area contributed by atoms with E-state index in [1.165, 1.54) is 0 Å². The van der Waals surface area contributed by atoms with Crippen molar-refractivity contribution in [2.75, 3.05) is 13.1 Å². The van der Waals surface area contributed by atoms with Crippen LogP contribution in [0.15, 0.2) is 36.5 Å². The Bertz CT molecular complexity index is 548. The molecule has 2 aromatic rings. The summed E-state index contributed by atoms with van der Waals surface area (Å²) in [5.74, 6) is 0.121. The zero-order chi connectivity index (χ0) is 13.0. The van der Waals surface area contributed by atoms with Crippen LogP contribution < -0.4 is 11.1 Å². The molecule has 2 rings (SSSR count). The van der Waals surface area contributed by atoms with Crippen molar-refractivity contribution in [2.45, 2.75) is 6.92 Å². The van der Waals surface area contributed by atoms with Crippen LogP contribution in [0.3, 0.4) is 0 Å².